The van der Waals surface area contributed by atoms with Crippen LogP contribution in [0.2, 0.25) is 0 Å². The molecule has 0 radical (unpaired) electrons. The van der Waals surface area contributed by atoms with Crippen LogP contribution in [0.3, 0.4) is 0 Å². The number of methoxy groups -OCH3 is 1. The number of benzene rings is 3. The molecule has 0 saturated heterocycles. The second-order valence-electron chi connectivity index (χ2n) is 6.46. The highest BCUT2D eigenvalue weighted by atomic mass is 16.5. The normalized spacial score (nSPS) is 14.9. The second-order valence-corrected chi connectivity index (χ2v) is 6.46. The van der Waals surface area contributed by atoms with Crippen molar-refractivity contribution in [2.45, 2.75) is 5.92 Å². The van der Waals surface area contributed by atoms with Crippen LogP contribution in [0.5, 0.6) is 5.75 Å². The quantitative estimate of drug-likeness (QED) is 0.456. The van der Waals surface area contributed by atoms with E-state index in [4.69, 9.17) is 9.15 Å². The van der Waals surface area contributed by atoms with E-state index >= 15 is 0 Å². The summed E-state index contributed by atoms with van der Waals surface area (Å²) in [6.45, 7) is 0. The second kappa shape index (κ2) is 5.60. The summed E-state index contributed by atoms with van der Waals surface area (Å²) in [5, 5.41) is 0.623. The van der Waals surface area contributed by atoms with Crippen molar-refractivity contribution in [3.63, 3.8) is 0 Å². The first-order valence-electron chi connectivity index (χ1n) is 8.57. The number of hydrogen-bond acceptors (Lipinski definition) is 3. The third kappa shape index (κ3) is 2.04. The molecule has 0 saturated carbocycles. The molecule has 4 aromatic rings. The monoisotopic (exact) mass is 340 g/mol. The lowest BCUT2D eigenvalue weighted by atomic mass is 9.89. The van der Waals surface area contributed by atoms with Crippen LogP contribution >= 0.6 is 0 Å². The molecular formula is C23H16O3. The Balaban J connectivity index is 1.84. The molecule has 0 fully saturated rings. The fraction of sp³-hybridized carbons (Fsp3) is 0.0870. The van der Waals surface area contributed by atoms with Crippen LogP contribution in [0, 0.1) is 0 Å². The van der Waals surface area contributed by atoms with E-state index in [0.29, 0.717) is 16.7 Å². The van der Waals surface area contributed by atoms with Crippen molar-refractivity contribution in [1.29, 1.82) is 0 Å². The molecule has 26 heavy (non-hydrogen) atoms. The van der Waals surface area contributed by atoms with Gasteiger partial charge < -0.3 is 9.15 Å². The molecule has 1 heterocycles. The summed E-state index contributed by atoms with van der Waals surface area (Å²) in [6, 6.07) is 23.4. The van der Waals surface area contributed by atoms with E-state index in [1.54, 1.807) is 7.11 Å². The maximum atomic E-state index is 13.3. The average Bonchev–Trinajstić information content (AvgIpc) is 3.03. The van der Waals surface area contributed by atoms with Gasteiger partial charge in [0.2, 0.25) is 0 Å². The number of ether oxygens (including phenoxy) is 1. The summed E-state index contributed by atoms with van der Waals surface area (Å²) in [5.74, 6) is 1.35. The van der Waals surface area contributed by atoms with Gasteiger partial charge in [-0.05, 0) is 35.4 Å². The van der Waals surface area contributed by atoms with E-state index in [-0.39, 0.29) is 11.3 Å². The summed E-state index contributed by atoms with van der Waals surface area (Å²) >= 11 is 0. The molecule has 3 heteroatoms. The Labute approximate surface area is 150 Å². The molecule has 0 N–H and O–H groups in total. The number of rotatable bonds is 2. The van der Waals surface area contributed by atoms with Crippen LogP contribution in [0.25, 0.3) is 22.3 Å². The lowest BCUT2D eigenvalue weighted by molar-refractivity contribution is 0.414. The van der Waals surface area contributed by atoms with Gasteiger partial charge in [0, 0.05) is 11.5 Å². The minimum Gasteiger partial charge on any atom is -0.497 e. The highest BCUT2D eigenvalue weighted by molar-refractivity contribution is 5.85. The van der Waals surface area contributed by atoms with Crippen molar-refractivity contribution < 1.29 is 9.15 Å². The molecule has 126 valence electrons. The summed E-state index contributed by atoms with van der Waals surface area (Å²) in [4.78, 5) is 13.3. The van der Waals surface area contributed by atoms with Gasteiger partial charge >= 0.3 is 0 Å². The van der Waals surface area contributed by atoms with E-state index in [0.717, 1.165) is 28.0 Å². The predicted molar refractivity (Wildman–Crippen MR) is 102 cm³/mol. The van der Waals surface area contributed by atoms with E-state index in [1.165, 1.54) is 0 Å². The zero-order chi connectivity index (χ0) is 17.7. The van der Waals surface area contributed by atoms with Gasteiger partial charge in [-0.1, -0.05) is 48.5 Å². The van der Waals surface area contributed by atoms with Gasteiger partial charge in [-0.2, -0.15) is 0 Å². The predicted octanol–water partition coefficient (Wildman–Crippen LogP) is 4.96. The third-order valence-electron chi connectivity index (χ3n) is 5.09. The first kappa shape index (κ1) is 15.0. The van der Waals surface area contributed by atoms with Gasteiger partial charge in [-0.15, -0.1) is 0 Å². The molecule has 3 nitrogen and oxygen atoms in total. The Hall–Kier alpha value is -3.33. The zero-order valence-electron chi connectivity index (χ0n) is 14.2. The minimum atomic E-state index is -0.132. The minimum absolute atomic E-state index is 0.0406. The lowest BCUT2D eigenvalue weighted by Crippen LogP contribution is -2.13. The van der Waals surface area contributed by atoms with Crippen molar-refractivity contribution in [3.8, 4) is 17.1 Å². The fourth-order valence-electron chi connectivity index (χ4n) is 3.87. The van der Waals surface area contributed by atoms with Crippen molar-refractivity contribution in [2.75, 3.05) is 7.11 Å². The fourth-order valence-corrected chi connectivity index (χ4v) is 3.87. The molecule has 0 bridgehead atoms. The molecule has 1 atom stereocenters. The van der Waals surface area contributed by atoms with Gasteiger partial charge in [-0.3, -0.25) is 4.79 Å². The van der Waals surface area contributed by atoms with Crippen LogP contribution in [-0.2, 0) is 0 Å². The lowest BCUT2D eigenvalue weighted by Gasteiger charge is -2.14. The van der Waals surface area contributed by atoms with Crippen molar-refractivity contribution in [1.82, 2.24) is 0 Å². The third-order valence-corrected chi connectivity index (χ3v) is 5.09. The zero-order valence-corrected chi connectivity index (χ0v) is 14.2. The van der Waals surface area contributed by atoms with Gasteiger partial charge in [0.05, 0.1) is 18.1 Å². The molecule has 1 aromatic heterocycles. The number of fused-ring (bicyclic) bond motifs is 4. The van der Waals surface area contributed by atoms with Crippen LogP contribution in [0.1, 0.15) is 22.6 Å². The topological polar surface area (TPSA) is 39.4 Å². The smallest absolute Gasteiger partial charge is 0.197 e. The Kier molecular flexibility index (Phi) is 3.22. The molecule has 0 amide bonds. The Morgan fingerprint density at radius 3 is 2.42 bits per heavy atom. The van der Waals surface area contributed by atoms with Crippen LogP contribution in [-0.4, -0.2) is 7.11 Å². The van der Waals surface area contributed by atoms with Crippen molar-refractivity contribution in [3.05, 3.63) is 99.7 Å². The Morgan fingerprint density at radius 1 is 0.885 bits per heavy atom. The van der Waals surface area contributed by atoms with Gasteiger partial charge in [0.15, 0.2) is 5.43 Å². The Morgan fingerprint density at radius 2 is 1.62 bits per heavy atom. The Bertz CT molecular complexity index is 1190. The SMILES string of the molecule is COc1ccc(C2c3ccccc3-c3oc4ccccc4c(=O)c32)cc1. The highest BCUT2D eigenvalue weighted by Crippen LogP contribution is 2.47. The summed E-state index contributed by atoms with van der Waals surface area (Å²) < 4.78 is 11.5. The van der Waals surface area contributed by atoms with Crippen LogP contribution in [0.15, 0.2) is 82.0 Å². The maximum Gasteiger partial charge on any atom is 0.197 e. The number of hydrogen-bond donors (Lipinski definition) is 0. The van der Waals surface area contributed by atoms with E-state index in [1.807, 2.05) is 66.7 Å². The van der Waals surface area contributed by atoms with Crippen molar-refractivity contribution >= 4 is 11.0 Å². The molecule has 1 aliphatic rings. The largest absolute Gasteiger partial charge is 0.497 e. The molecule has 5 rings (SSSR count). The molecule has 3 aromatic carbocycles. The van der Waals surface area contributed by atoms with Gasteiger partial charge in [0.25, 0.3) is 0 Å². The molecule has 0 aliphatic heterocycles. The number of para-hydroxylation sites is 1. The van der Waals surface area contributed by atoms with E-state index in [9.17, 15) is 4.79 Å². The molecule has 1 aliphatic carbocycles. The van der Waals surface area contributed by atoms with Crippen LogP contribution in [0.4, 0.5) is 0 Å². The molecule has 0 spiro atoms. The molecular weight excluding hydrogens is 324 g/mol. The van der Waals surface area contributed by atoms with E-state index < -0.39 is 0 Å². The summed E-state index contributed by atoms with van der Waals surface area (Å²) in [7, 11) is 1.65. The first-order valence-corrected chi connectivity index (χ1v) is 8.57. The maximum absolute atomic E-state index is 13.3. The van der Waals surface area contributed by atoms with Gasteiger partial charge in [-0.25, -0.2) is 0 Å². The van der Waals surface area contributed by atoms with E-state index in [2.05, 4.69) is 6.07 Å². The van der Waals surface area contributed by atoms with Crippen molar-refractivity contribution in [2.24, 2.45) is 0 Å². The van der Waals surface area contributed by atoms with Crippen LogP contribution < -0.4 is 10.2 Å². The summed E-state index contributed by atoms with van der Waals surface area (Å²) in [6.07, 6.45) is 0. The summed E-state index contributed by atoms with van der Waals surface area (Å²) in [5.41, 5.74) is 4.53. The standard InChI is InChI=1S/C23H16O3/c1-25-15-12-10-14(11-13-15)20-16-6-2-3-7-17(16)23-21(20)22(24)18-8-4-5-9-19(18)26-23/h2-13,20H,1H3. The highest BCUT2D eigenvalue weighted by Gasteiger charge is 2.35. The average molecular weight is 340 g/mol. The first-order chi connectivity index (χ1) is 12.8. The van der Waals surface area contributed by atoms with Gasteiger partial charge in [0.1, 0.15) is 17.1 Å². The molecule has 1 unspecified atom stereocenters.